The number of allylic oxidation sites excluding steroid dienone is 1. The minimum absolute atomic E-state index is 1.88. The monoisotopic (exact) mass is 84.1 g/mol. The smallest absolute Gasteiger partial charge is 0.0140 e. The summed E-state index contributed by atoms with van der Waals surface area (Å²) in [6.07, 6.45) is 5.79. The average Bonchev–Trinajstić information content (AvgIpc) is 1.61. The van der Waals surface area contributed by atoms with Crippen molar-refractivity contribution in [3.8, 4) is 0 Å². The normalized spacial score (nSPS) is 9.00. The molecular weight excluding hydrogens is 74.1 g/mol. The third-order valence-corrected chi connectivity index (χ3v) is 0.455. The molecule has 36 valence electrons. The van der Waals surface area contributed by atoms with Gasteiger partial charge in [-0.1, -0.05) is 0 Å². The summed E-state index contributed by atoms with van der Waals surface area (Å²) in [6, 6.07) is 0. The Kier molecular flexibility index (Phi) is 3.98. The van der Waals surface area contributed by atoms with E-state index in [0.717, 1.165) is 0 Å². The molecule has 0 bridgehead atoms. The molecule has 0 fully saturated rings. The molecule has 0 unspecified atom stereocenters. The van der Waals surface area contributed by atoms with Crippen molar-refractivity contribution in [3.63, 3.8) is 0 Å². The van der Waals surface area contributed by atoms with E-state index in [1.54, 1.807) is 0 Å². The quantitative estimate of drug-likeness (QED) is 0.491. The van der Waals surface area contributed by atoms with Crippen molar-refractivity contribution >= 4 is 0 Å². The summed E-state index contributed by atoms with van der Waals surface area (Å²) in [5, 5.41) is 2.86. The van der Waals surface area contributed by atoms with Gasteiger partial charge in [0.05, 0.1) is 0 Å². The lowest BCUT2D eigenvalue weighted by molar-refractivity contribution is 1.10. The van der Waals surface area contributed by atoms with Crippen LogP contribution in [0.25, 0.3) is 0 Å². The van der Waals surface area contributed by atoms with Crippen LogP contribution in [0.15, 0.2) is 12.3 Å². The van der Waals surface area contributed by atoms with E-state index < -0.39 is 0 Å². The Balaban J connectivity index is 2.73. The van der Waals surface area contributed by atoms with Gasteiger partial charge in [0.1, 0.15) is 0 Å². The zero-order valence-corrected chi connectivity index (χ0v) is 4.23. The van der Waals surface area contributed by atoms with E-state index in [2.05, 4.69) is 5.32 Å². The molecule has 0 spiro atoms. The van der Waals surface area contributed by atoms with Crippen LogP contribution in [0.4, 0.5) is 0 Å². The minimum atomic E-state index is 1.88. The molecule has 0 saturated carbocycles. The van der Waals surface area contributed by atoms with E-state index in [0.29, 0.717) is 0 Å². The Morgan fingerprint density at radius 3 is 2.50 bits per heavy atom. The van der Waals surface area contributed by atoms with Crippen LogP contribution in [0.3, 0.4) is 0 Å². The molecule has 0 amide bonds. The highest BCUT2D eigenvalue weighted by Crippen LogP contribution is 1.69. The zero-order chi connectivity index (χ0) is 4.83. The summed E-state index contributed by atoms with van der Waals surface area (Å²) in [5.74, 6) is 0. The molecule has 0 rings (SSSR count). The SMILES string of the molecule is C[CH-]/C=C/NC. The van der Waals surface area contributed by atoms with Gasteiger partial charge in [-0.25, -0.2) is 12.5 Å². The number of hydrogen-bond donors (Lipinski definition) is 1. The van der Waals surface area contributed by atoms with Crippen LogP contribution in [-0.2, 0) is 0 Å². The van der Waals surface area contributed by atoms with Gasteiger partial charge in [-0.2, -0.15) is 6.20 Å². The van der Waals surface area contributed by atoms with Crippen molar-refractivity contribution in [2.24, 2.45) is 0 Å². The van der Waals surface area contributed by atoms with Crippen LogP contribution < -0.4 is 5.32 Å². The predicted octanol–water partition coefficient (Wildman–Crippen LogP) is 0.944. The first-order valence-corrected chi connectivity index (χ1v) is 2.03. The second-order valence-electron chi connectivity index (χ2n) is 0.981. The molecule has 0 aromatic heterocycles. The molecule has 0 aromatic rings. The summed E-state index contributed by atoms with van der Waals surface area (Å²) >= 11 is 0. The molecule has 6 heavy (non-hydrogen) atoms. The molecule has 0 heterocycles. The maximum Gasteiger partial charge on any atom is -0.0140 e. The first-order valence-electron chi connectivity index (χ1n) is 2.03. The van der Waals surface area contributed by atoms with E-state index in [4.69, 9.17) is 0 Å². The minimum Gasteiger partial charge on any atom is -0.470 e. The summed E-state index contributed by atoms with van der Waals surface area (Å²) in [6.45, 7) is 1.98. The molecule has 0 aliphatic heterocycles. The van der Waals surface area contributed by atoms with Gasteiger partial charge in [0.2, 0.25) is 0 Å². The summed E-state index contributed by atoms with van der Waals surface area (Å²) < 4.78 is 0. The van der Waals surface area contributed by atoms with Crippen LogP contribution in [0.2, 0.25) is 0 Å². The van der Waals surface area contributed by atoms with Gasteiger partial charge in [-0.05, 0) is 7.05 Å². The predicted molar refractivity (Wildman–Crippen MR) is 28.2 cm³/mol. The number of nitrogens with one attached hydrogen (secondary N) is 1. The topological polar surface area (TPSA) is 12.0 Å². The Morgan fingerprint density at radius 1 is 1.67 bits per heavy atom. The van der Waals surface area contributed by atoms with Gasteiger partial charge in [0.25, 0.3) is 0 Å². The van der Waals surface area contributed by atoms with Gasteiger partial charge < -0.3 is 5.32 Å². The second-order valence-corrected chi connectivity index (χ2v) is 0.981. The molecule has 0 radical (unpaired) electrons. The van der Waals surface area contributed by atoms with Crippen LogP contribution in [-0.4, -0.2) is 7.05 Å². The van der Waals surface area contributed by atoms with Crippen molar-refractivity contribution in [2.45, 2.75) is 6.92 Å². The van der Waals surface area contributed by atoms with Gasteiger partial charge in [-0.3, -0.25) is 0 Å². The van der Waals surface area contributed by atoms with Gasteiger partial charge >= 0.3 is 0 Å². The molecule has 0 atom stereocenters. The third-order valence-electron chi connectivity index (χ3n) is 0.455. The standard InChI is InChI=1S/C5H10N/c1-3-4-5-6-2/h3-6H,1-2H3/q-1/b5-4+. The Hall–Kier alpha value is -0.590. The van der Waals surface area contributed by atoms with E-state index >= 15 is 0 Å². The van der Waals surface area contributed by atoms with Crippen molar-refractivity contribution in [1.29, 1.82) is 0 Å². The summed E-state index contributed by atoms with van der Waals surface area (Å²) in [7, 11) is 1.88. The fourth-order valence-corrected chi connectivity index (χ4v) is 0.192. The van der Waals surface area contributed by atoms with E-state index in [1.807, 2.05) is 32.7 Å². The molecular formula is C5H10N-. The maximum absolute atomic E-state index is 2.86. The Bertz CT molecular complexity index is 33.2. The maximum atomic E-state index is 2.86. The Labute approximate surface area is 39.1 Å². The van der Waals surface area contributed by atoms with Crippen molar-refractivity contribution < 1.29 is 0 Å². The highest BCUT2D eigenvalue weighted by Gasteiger charge is 1.43. The third kappa shape index (κ3) is 3.41. The first kappa shape index (κ1) is 5.41. The van der Waals surface area contributed by atoms with E-state index in [1.165, 1.54) is 0 Å². The highest BCUT2D eigenvalue weighted by molar-refractivity contribution is 4.88. The largest absolute Gasteiger partial charge is 0.470 e. The number of rotatable bonds is 2. The molecule has 1 N–H and O–H groups in total. The lowest BCUT2D eigenvalue weighted by Crippen LogP contribution is -1.89. The highest BCUT2D eigenvalue weighted by atomic mass is 14.8. The van der Waals surface area contributed by atoms with Crippen molar-refractivity contribution in [2.75, 3.05) is 7.05 Å². The number of hydrogen-bond acceptors (Lipinski definition) is 1. The zero-order valence-electron chi connectivity index (χ0n) is 4.23. The molecule has 0 aliphatic carbocycles. The molecule has 0 saturated heterocycles. The van der Waals surface area contributed by atoms with Crippen molar-refractivity contribution in [3.05, 3.63) is 18.7 Å². The van der Waals surface area contributed by atoms with Crippen LogP contribution >= 0.6 is 0 Å². The lowest BCUT2D eigenvalue weighted by Gasteiger charge is -1.90. The fraction of sp³-hybridized carbons (Fsp3) is 0.400. The van der Waals surface area contributed by atoms with E-state index in [9.17, 15) is 0 Å². The average molecular weight is 84.1 g/mol. The summed E-state index contributed by atoms with van der Waals surface area (Å²) in [4.78, 5) is 0. The summed E-state index contributed by atoms with van der Waals surface area (Å²) in [5.41, 5.74) is 0. The molecule has 0 aromatic carbocycles. The Morgan fingerprint density at radius 2 is 2.33 bits per heavy atom. The van der Waals surface area contributed by atoms with Crippen LogP contribution in [0.1, 0.15) is 6.92 Å². The molecule has 0 aliphatic rings. The first-order chi connectivity index (χ1) is 2.91. The van der Waals surface area contributed by atoms with Gasteiger partial charge in [0.15, 0.2) is 0 Å². The van der Waals surface area contributed by atoms with Crippen LogP contribution in [0, 0.1) is 6.42 Å². The van der Waals surface area contributed by atoms with Crippen molar-refractivity contribution in [1.82, 2.24) is 5.32 Å². The van der Waals surface area contributed by atoms with E-state index in [-0.39, 0.29) is 0 Å². The molecule has 1 nitrogen and oxygen atoms in total. The fourth-order valence-electron chi connectivity index (χ4n) is 0.192. The second kappa shape index (κ2) is 4.41. The van der Waals surface area contributed by atoms with Gasteiger partial charge in [0, 0.05) is 0 Å². The van der Waals surface area contributed by atoms with Crippen LogP contribution in [0.5, 0.6) is 0 Å². The molecule has 1 heteroatoms. The lowest BCUT2D eigenvalue weighted by atomic mass is 10.5. The van der Waals surface area contributed by atoms with Gasteiger partial charge in [-0.15, -0.1) is 6.92 Å².